The smallest absolute Gasteiger partial charge is 0.200 e. The molecule has 1 aliphatic heterocycles. The predicted octanol–water partition coefficient (Wildman–Crippen LogP) is 3.46. The van der Waals surface area contributed by atoms with Crippen LogP contribution in [0.5, 0.6) is 5.75 Å². The fourth-order valence-corrected chi connectivity index (χ4v) is 4.05. The van der Waals surface area contributed by atoms with Crippen LogP contribution in [0.1, 0.15) is 25.5 Å². The number of quaternary nitrogens is 1. The minimum atomic E-state index is 0.00313. The van der Waals surface area contributed by atoms with Crippen molar-refractivity contribution in [3.8, 4) is 16.9 Å². The van der Waals surface area contributed by atoms with Gasteiger partial charge in [0.1, 0.15) is 30.2 Å². The Morgan fingerprint density at radius 2 is 1.86 bits per heavy atom. The van der Waals surface area contributed by atoms with Crippen molar-refractivity contribution in [2.75, 3.05) is 26.2 Å². The highest BCUT2D eigenvalue weighted by molar-refractivity contribution is 5.83. The van der Waals surface area contributed by atoms with E-state index >= 15 is 0 Å². The maximum Gasteiger partial charge on any atom is 0.200 e. The topological polar surface area (TPSA) is 43.9 Å². The summed E-state index contributed by atoms with van der Waals surface area (Å²) in [7, 11) is 0. The molecular weight excluding hydrogens is 350 g/mol. The van der Waals surface area contributed by atoms with Crippen molar-refractivity contribution in [1.82, 2.24) is 0 Å². The summed E-state index contributed by atoms with van der Waals surface area (Å²) in [6.07, 6.45) is 2.61. The highest BCUT2D eigenvalue weighted by Gasteiger charge is 2.18. The number of fused-ring (bicyclic) bond motifs is 1. The quantitative estimate of drug-likeness (QED) is 0.739. The summed E-state index contributed by atoms with van der Waals surface area (Å²) in [4.78, 5) is 14.6. The van der Waals surface area contributed by atoms with Crippen molar-refractivity contribution in [1.29, 1.82) is 0 Å². The maximum absolute atomic E-state index is 13.0. The summed E-state index contributed by atoms with van der Waals surface area (Å²) in [6.45, 7) is 8.34. The first-order chi connectivity index (χ1) is 13.6. The zero-order valence-electron chi connectivity index (χ0n) is 16.7. The molecule has 2 heterocycles. The van der Waals surface area contributed by atoms with Gasteiger partial charge in [-0.1, -0.05) is 37.3 Å². The summed E-state index contributed by atoms with van der Waals surface area (Å²) >= 11 is 0. The van der Waals surface area contributed by atoms with E-state index in [-0.39, 0.29) is 5.43 Å². The van der Waals surface area contributed by atoms with Gasteiger partial charge in [0.05, 0.1) is 24.0 Å². The maximum atomic E-state index is 13.0. The standard InChI is InChI=1S/C24H27NO3/c1-17-10-12-25(13-11-17)14-15-27-20-8-9-21-22(16-20)28-18(2)23(24(21)26)19-6-4-3-5-7-19/h3-9,16-17H,10-15H2,1-2H3/p+1. The number of nitrogens with one attached hydrogen (secondary N) is 1. The third-order valence-electron chi connectivity index (χ3n) is 5.81. The first-order valence-corrected chi connectivity index (χ1v) is 10.2. The van der Waals surface area contributed by atoms with E-state index in [1.807, 2.05) is 55.5 Å². The summed E-state index contributed by atoms with van der Waals surface area (Å²) in [5.41, 5.74) is 2.10. The molecule has 0 atom stereocenters. The lowest BCUT2D eigenvalue weighted by Crippen LogP contribution is -3.13. The Balaban J connectivity index is 1.51. The Bertz CT molecular complexity index is 1000. The van der Waals surface area contributed by atoms with Crippen LogP contribution in [0.15, 0.2) is 57.7 Å². The second-order valence-electron chi connectivity index (χ2n) is 7.92. The average molecular weight is 378 g/mol. The summed E-state index contributed by atoms with van der Waals surface area (Å²) < 4.78 is 11.9. The van der Waals surface area contributed by atoms with Gasteiger partial charge in [0.25, 0.3) is 0 Å². The van der Waals surface area contributed by atoms with E-state index in [1.54, 1.807) is 4.90 Å². The Morgan fingerprint density at radius 3 is 2.61 bits per heavy atom. The number of ether oxygens (including phenoxy) is 1. The number of likely N-dealkylation sites (tertiary alicyclic amines) is 1. The molecule has 0 aliphatic carbocycles. The van der Waals surface area contributed by atoms with Gasteiger partial charge in [-0.2, -0.15) is 0 Å². The molecule has 1 N–H and O–H groups in total. The van der Waals surface area contributed by atoms with Crippen LogP contribution < -0.4 is 15.1 Å². The molecule has 0 spiro atoms. The molecule has 1 fully saturated rings. The van der Waals surface area contributed by atoms with Crippen molar-refractivity contribution in [2.45, 2.75) is 26.7 Å². The van der Waals surface area contributed by atoms with Crippen LogP contribution in [-0.2, 0) is 0 Å². The lowest BCUT2D eigenvalue weighted by Gasteiger charge is -2.27. The van der Waals surface area contributed by atoms with E-state index in [4.69, 9.17) is 9.15 Å². The second-order valence-corrected chi connectivity index (χ2v) is 7.92. The third kappa shape index (κ3) is 3.97. The Morgan fingerprint density at radius 1 is 1.11 bits per heavy atom. The second kappa shape index (κ2) is 8.19. The van der Waals surface area contributed by atoms with Crippen molar-refractivity contribution >= 4 is 11.0 Å². The van der Waals surface area contributed by atoms with Gasteiger partial charge in [0, 0.05) is 6.07 Å². The van der Waals surface area contributed by atoms with Crippen molar-refractivity contribution in [3.63, 3.8) is 0 Å². The zero-order chi connectivity index (χ0) is 19.5. The van der Waals surface area contributed by atoms with Crippen LogP contribution in [0, 0.1) is 12.8 Å². The predicted molar refractivity (Wildman–Crippen MR) is 112 cm³/mol. The number of hydrogen-bond donors (Lipinski definition) is 1. The van der Waals surface area contributed by atoms with Gasteiger partial charge in [0.15, 0.2) is 0 Å². The number of hydrogen-bond acceptors (Lipinski definition) is 3. The van der Waals surface area contributed by atoms with Crippen LogP contribution in [0.4, 0.5) is 0 Å². The van der Waals surface area contributed by atoms with E-state index in [0.29, 0.717) is 28.9 Å². The number of aryl methyl sites for hydroxylation is 1. The van der Waals surface area contributed by atoms with Crippen LogP contribution >= 0.6 is 0 Å². The fourth-order valence-electron chi connectivity index (χ4n) is 4.05. The molecule has 0 unspecified atom stereocenters. The van der Waals surface area contributed by atoms with Gasteiger partial charge >= 0.3 is 0 Å². The summed E-state index contributed by atoms with van der Waals surface area (Å²) in [6, 6.07) is 15.2. The fraction of sp³-hybridized carbons (Fsp3) is 0.375. The first kappa shape index (κ1) is 18.8. The van der Waals surface area contributed by atoms with Crippen molar-refractivity contribution in [3.05, 3.63) is 64.5 Å². The van der Waals surface area contributed by atoms with E-state index < -0.39 is 0 Å². The Hall–Kier alpha value is -2.59. The molecule has 0 amide bonds. The van der Waals surface area contributed by atoms with Crippen LogP contribution in [0.3, 0.4) is 0 Å². The van der Waals surface area contributed by atoms with Gasteiger partial charge in [-0.05, 0) is 43.4 Å². The van der Waals surface area contributed by atoms with Crippen LogP contribution in [-0.4, -0.2) is 26.2 Å². The Kier molecular flexibility index (Phi) is 5.49. The minimum absolute atomic E-state index is 0.00313. The minimum Gasteiger partial charge on any atom is -0.488 e. The number of piperidine rings is 1. The van der Waals surface area contributed by atoms with Crippen LogP contribution in [0.2, 0.25) is 0 Å². The van der Waals surface area contributed by atoms with E-state index in [9.17, 15) is 4.79 Å². The lowest BCUT2D eigenvalue weighted by atomic mass is 9.99. The molecular formula is C24H28NO3+. The molecule has 0 saturated carbocycles. The molecule has 0 bridgehead atoms. The SMILES string of the molecule is Cc1oc2cc(OCC[NH+]3CCC(C)CC3)ccc2c(=O)c1-c1ccccc1. The number of benzene rings is 2. The molecule has 4 heteroatoms. The molecule has 2 aromatic carbocycles. The zero-order valence-corrected chi connectivity index (χ0v) is 16.7. The molecule has 4 nitrogen and oxygen atoms in total. The molecule has 1 aromatic heterocycles. The molecule has 1 saturated heterocycles. The lowest BCUT2D eigenvalue weighted by molar-refractivity contribution is -0.906. The summed E-state index contributed by atoms with van der Waals surface area (Å²) in [5.74, 6) is 2.25. The molecule has 4 rings (SSSR count). The molecule has 146 valence electrons. The Labute approximate surface area is 165 Å². The van der Waals surface area contributed by atoms with Gasteiger partial charge < -0.3 is 14.1 Å². The van der Waals surface area contributed by atoms with Gasteiger partial charge in [-0.15, -0.1) is 0 Å². The third-order valence-corrected chi connectivity index (χ3v) is 5.81. The molecule has 1 aliphatic rings. The first-order valence-electron chi connectivity index (χ1n) is 10.2. The van der Waals surface area contributed by atoms with Gasteiger partial charge in [0.2, 0.25) is 5.43 Å². The molecule has 0 radical (unpaired) electrons. The molecule has 3 aromatic rings. The summed E-state index contributed by atoms with van der Waals surface area (Å²) in [5, 5.41) is 0.590. The molecule has 28 heavy (non-hydrogen) atoms. The van der Waals surface area contributed by atoms with Crippen LogP contribution in [0.25, 0.3) is 22.1 Å². The average Bonchev–Trinajstić information content (AvgIpc) is 2.70. The highest BCUT2D eigenvalue weighted by atomic mass is 16.5. The van der Waals surface area contributed by atoms with E-state index in [0.717, 1.165) is 23.8 Å². The van der Waals surface area contributed by atoms with Crippen molar-refractivity contribution < 1.29 is 14.1 Å². The van der Waals surface area contributed by atoms with Crippen molar-refractivity contribution in [2.24, 2.45) is 5.92 Å². The highest BCUT2D eigenvalue weighted by Crippen LogP contribution is 2.26. The van der Waals surface area contributed by atoms with E-state index in [1.165, 1.54) is 25.9 Å². The number of rotatable bonds is 5. The largest absolute Gasteiger partial charge is 0.488 e. The monoisotopic (exact) mass is 378 g/mol. The van der Waals surface area contributed by atoms with Gasteiger partial charge in [-0.25, -0.2) is 0 Å². The normalized spacial score (nSPS) is 19.6. The van der Waals surface area contributed by atoms with E-state index in [2.05, 4.69) is 6.92 Å². The van der Waals surface area contributed by atoms with Gasteiger partial charge in [-0.3, -0.25) is 4.79 Å².